The van der Waals surface area contributed by atoms with Crippen LogP contribution in [0.25, 0.3) is 0 Å². The number of halogens is 2. The molecule has 2 aromatic rings. The Hall–Kier alpha value is -0.0831. The lowest BCUT2D eigenvalue weighted by molar-refractivity contribution is 0.486. The summed E-state index contributed by atoms with van der Waals surface area (Å²) in [6, 6.07) is 18.2. The van der Waals surface area contributed by atoms with Gasteiger partial charge in [0.2, 0.25) is 3.79 Å². The van der Waals surface area contributed by atoms with E-state index in [1.807, 2.05) is 42.5 Å². The molecule has 0 atom stereocenters. The molecule has 0 amide bonds. The largest absolute Gasteiger partial charge is 0.457 e. The Morgan fingerprint density at radius 1 is 0.812 bits per heavy atom. The molecule has 0 bridgehead atoms. The van der Waals surface area contributed by atoms with Gasteiger partial charge in [-0.05, 0) is 18.2 Å². The van der Waals surface area contributed by atoms with Gasteiger partial charge in [0.05, 0.1) is 0 Å². The molecular weight excluding hydrogens is 442 g/mol. The Morgan fingerprint density at radius 3 is 2.12 bits per heavy atom. The number of ether oxygens (including phenoxy) is 1. The first kappa shape index (κ1) is 12.4. The summed E-state index contributed by atoms with van der Waals surface area (Å²) >= 11 is 4.97. The van der Waals surface area contributed by atoms with Gasteiger partial charge in [0.15, 0.2) is 0 Å². The summed E-state index contributed by atoms with van der Waals surface area (Å²) in [5.41, 5.74) is 0. The maximum absolute atomic E-state index is 5.89. The molecule has 1 nitrogen and oxygen atoms in total. The average Bonchev–Trinajstić information content (AvgIpc) is 2.31. The van der Waals surface area contributed by atoms with E-state index in [1.54, 1.807) is 0 Å². The number of benzene rings is 2. The van der Waals surface area contributed by atoms with E-state index in [4.69, 9.17) is 4.74 Å². The van der Waals surface area contributed by atoms with Crippen LogP contribution in [-0.4, -0.2) is 3.79 Å². The highest BCUT2D eigenvalue weighted by atomic mass is 127. The molecule has 0 aliphatic carbocycles. The molecule has 0 aromatic heterocycles. The number of hydrogen-bond donors (Lipinski definition) is 0. The zero-order valence-corrected chi connectivity index (χ0v) is 13.7. The lowest BCUT2D eigenvalue weighted by Crippen LogP contribution is -2.18. The van der Waals surface area contributed by atoms with Crippen LogP contribution in [-0.2, 0) is 0 Å². The molecule has 16 heavy (non-hydrogen) atoms. The molecule has 2 aromatic carbocycles. The summed E-state index contributed by atoms with van der Waals surface area (Å²) in [4.78, 5) is 0. The van der Waals surface area contributed by atoms with Gasteiger partial charge < -0.3 is 4.74 Å². The van der Waals surface area contributed by atoms with Crippen molar-refractivity contribution < 1.29 is 4.74 Å². The molecule has 0 saturated carbocycles. The van der Waals surface area contributed by atoms with Gasteiger partial charge in [0.1, 0.15) is 11.5 Å². The van der Waals surface area contributed by atoms with Gasteiger partial charge in [0.25, 0.3) is 0 Å². The predicted molar refractivity (Wildman–Crippen MR) is 86.4 cm³/mol. The quantitative estimate of drug-likeness (QED) is 0.389. The zero-order valence-electron chi connectivity index (χ0n) is 8.36. The summed E-state index contributed by atoms with van der Waals surface area (Å²) < 4.78 is 5.34. The molecule has 2 rings (SSSR count). The van der Waals surface area contributed by atoms with Crippen molar-refractivity contribution in [2.75, 3.05) is 0 Å². The van der Waals surface area contributed by atoms with Crippen molar-refractivity contribution in [3.8, 4) is 11.5 Å². The van der Waals surface area contributed by atoms with Crippen molar-refractivity contribution in [1.29, 1.82) is 0 Å². The van der Waals surface area contributed by atoms with Gasteiger partial charge in [-0.25, -0.2) is 0 Å². The fourth-order valence-corrected chi connectivity index (χ4v) is 4.54. The Bertz CT molecular complexity index is 460. The van der Waals surface area contributed by atoms with Crippen molar-refractivity contribution in [2.45, 2.75) is 0 Å². The van der Waals surface area contributed by atoms with Crippen LogP contribution in [0.5, 0.6) is 11.5 Å². The van der Waals surface area contributed by atoms with Crippen LogP contribution in [0.15, 0.2) is 54.6 Å². The van der Waals surface area contributed by atoms with E-state index < -0.39 is 3.79 Å². The van der Waals surface area contributed by atoms with E-state index in [2.05, 4.69) is 55.7 Å². The van der Waals surface area contributed by atoms with Crippen LogP contribution in [0.4, 0.5) is 0 Å². The summed E-state index contributed by atoms with van der Waals surface area (Å²) in [6.07, 6.45) is 0. The van der Waals surface area contributed by atoms with Gasteiger partial charge in [-0.1, -0.05) is 80.0 Å². The third-order valence-corrected chi connectivity index (χ3v) is 6.37. The molecule has 0 N–H and O–H groups in total. The Kier molecular flexibility index (Phi) is 4.65. The van der Waals surface area contributed by atoms with Crippen molar-refractivity contribution in [3.63, 3.8) is 0 Å². The SMILES string of the molecule is I[Si](I)c1ccccc1Oc1ccccc1. The van der Waals surface area contributed by atoms with Gasteiger partial charge in [0, 0.05) is 5.19 Å². The number of para-hydroxylation sites is 2. The second-order valence-corrected chi connectivity index (χ2v) is 16.9. The van der Waals surface area contributed by atoms with Crippen LogP contribution in [0.1, 0.15) is 0 Å². The maximum atomic E-state index is 5.89. The van der Waals surface area contributed by atoms with E-state index in [-0.39, 0.29) is 0 Å². The van der Waals surface area contributed by atoms with Crippen LogP contribution >= 0.6 is 43.6 Å². The molecule has 1 radical (unpaired) electrons. The highest BCUT2D eigenvalue weighted by molar-refractivity contribution is 14.3. The topological polar surface area (TPSA) is 9.23 Å². The van der Waals surface area contributed by atoms with Gasteiger partial charge >= 0.3 is 0 Å². The van der Waals surface area contributed by atoms with Crippen LogP contribution in [0, 0.1) is 0 Å². The van der Waals surface area contributed by atoms with Crippen molar-refractivity contribution in [2.24, 2.45) is 0 Å². The normalized spacial score (nSPS) is 10.4. The minimum Gasteiger partial charge on any atom is -0.457 e. The maximum Gasteiger partial charge on any atom is 0.242 e. The Balaban J connectivity index is 2.28. The molecule has 4 heteroatoms. The lowest BCUT2D eigenvalue weighted by atomic mass is 10.3. The first-order valence-corrected chi connectivity index (χ1v) is 12.5. The molecular formula is C12H9I2OSi. The first-order valence-electron chi connectivity index (χ1n) is 4.77. The van der Waals surface area contributed by atoms with Gasteiger partial charge in [-0.2, -0.15) is 0 Å². The van der Waals surface area contributed by atoms with E-state index in [9.17, 15) is 0 Å². The van der Waals surface area contributed by atoms with Crippen molar-refractivity contribution >= 4 is 52.6 Å². The molecule has 0 aliphatic heterocycles. The Labute approximate surface area is 122 Å². The minimum absolute atomic E-state index is 0.546. The van der Waals surface area contributed by atoms with E-state index in [0.29, 0.717) is 0 Å². The lowest BCUT2D eigenvalue weighted by Gasteiger charge is -2.10. The van der Waals surface area contributed by atoms with Crippen LogP contribution < -0.4 is 9.92 Å². The van der Waals surface area contributed by atoms with Crippen molar-refractivity contribution in [3.05, 3.63) is 54.6 Å². The van der Waals surface area contributed by atoms with E-state index >= 15 is 0 Å². The Morgan fingerprint density at radius 2 is 1.44 bits per heavy atom. The molecule has 0 spiro atoms. The first-order chi connectivity index (χ1) is 7.77. The smallest absolute Gasteiger partial charge is 0.242 e. The standard InChI is InChI=1S/C12H9I2OSi/c13-16(14)12-9-5-4-8-11(12)15-10-6-2-1-3-7-10/h1-9H. The summed E-state index contributed by atoms with van der Waals surface area (Å²) in [5, 5.41) is 1.32. The zero-order chi connectivity index (χ0) is 11.4. The van der Waals surface area contributed by atoms with Gasteiger partial charge in [-0.15, -0.1) is 0 Å². The number of rotatable bonds is 3. The summed E-state index contributed by atoms with van der Waals surface area (Å²) in [5.74, 6) is 1.87. The van der Waals surface area contributed by atoms with Crippen LogP contribution in [0.2, 0.25) is 0 Å². The third kappa shape index (κ3) is 3.20. The molecule has 0 fully saturated rings. The summed E-state index contributed by atoms with van der Waals surface area (Å²) in [7, 11) is 0. The molecule has 0 heterocycles. The molecule has 0 aliphatic rings. The third-order valence-electron chi connectivity index (χ3n) is 2.06. The highest BCUT2D eigenvalue weighted by Crippen LogP contribution is 2.21. The van der Waals surface area contributed by atoms with Gasteiger partial charge in [-0.3, -0.25) is 0 Å². The highest BCUT2D eigenvalue weighted by Gasteiger charge is 2.12. The molecule has 0 unspecified atom stereocenters. The number of hydrogen-bond acceptors (Lipinski definition) is 1. The molecule has 81 valence electrons. The fraction of sp³-hybridized carbons (Fsp3) is 0. The second-order valence-electron chi connectivity index (χ2n) is 3.17. The van der Waals surface area contributed by atoms with E-state index in [0.717, 1.165) is 11.5 Å². The summed E-state index contributed by atoms with van der Waals surface area (Å²) in [6.45, 7) is 0. The van der Waals surface area contributed by atoms with Crippen LogP contribution in [0.3, 0.4) is 0 Å². The minimum atomic E-state index is -0.546. The van der Waals surface area contributed by atoms with E-state index in [1.165, 1.54) is 5.19 Å². The predicted octanol–water partition coefficient (Wildman–Crippen LogP) is 4.04. The van der Waals surface area contributed by atoms with Crippen molar-refractivity contribution in [1.82, 2.24) is 0 Å². The monoisotopic (exact) mass is 451 g/mol. The average molecular weight is 451 g/mol. The second kappa shape index (κ2) is 6.01. The molecule has 0 saturated heterocycles. The fourth-order valence-electron chi connectivity index (χ4n) is 1.33.